The van der Waals surface area contributed by atoms with Crippen molar-refractivity contribution in [1.29, 1.82) is 0 Å². The molecule has 2 fully saturated rings. The van der Waals surface area contributed by atoms with Crippen LogP contribution >= 0.6 is 0 Å². The number of piperazine rings is 1. The van der Waals surface area contributed by atoms with Crippen LogP contribution in [-0.4, -0.2) is 67.1 Å². The molecule has 1 aliphatic heterocycles. The Morgan fingerprint density at radius 3 is 2.65 bits per heavy atom. The van der Waals surface area contributed by atoms with Crippen molar-refractivity contribution in [2.24, 2.45) is 0 Å². The second-order valence-corrected chi connectivity index (χ2v) is 10.1. The van der Waals surface area contributed by atoms with Gasteiger partial charge in [0.25, 0.3) is 11.5 Å². The fourth-order valence-corrected chi connectivity index (χ4v) is 5.75. The molecule has 0 spiro atoms. The number of H-pyrrole nitrogens is 1. The first-order valence-electron chi connectivity index (χ1n) is 13.1. The fourth-order valence-electron chi connectivity index (χ4n) is 5.75. The summed E-state index contributed by atoms with van der Waals surface area (Å²) >= 11 is 0. The Morgan fingerprint density at radius 2 is 1.89 bits per heavy atom. The van der Waals surface area contributed by atoms with Crippen LogP contribution in [0.25, 0.3) is 10.9 Å². The molecule has 1 N–H and O–H groups in total. The minimum Gasteiger partial charge on any atom is -0.459 e. The molecule has 10 heteroatoms. The first-order valence-corrected chi connectivity index (χ1v) is 13.1. The number of aromatic nitrogens is 5. The van der Waals surface area contributed by atoms with Crippen LogP contribution in [0.4, 0.5) is 0 Å². The Labute approximate surface area is 214 Å². The van der Waals surface area contributed by atoms with E-state index in [0.29, 0.717) is 43.3 Å². The highest BCUT2D eigenvalue weighted by atomic mass is 16.3. The maximum absolute atomic E-state index is 13.5. The topological polar surface area (TPSA) is 113 Å². The van der Waals surface area contributed by atoms with Gasteiger partial charge in [-0.1, -0.05) is 30.9 Å². The number of hydrogen-bond donors (Lipinski definition) is 1. The number of benzene rings is 1. The number of amides is 1. The average molecular weight is 502 g/mol. The maximum Gasteiger partial charge on any atom is 0.289 e. The number of furan rings is 1. The SMILES string of the molecule is Cc1ccc2[nH]c(=O)c([C@H](c3nnnn3C3CCCCC3)N3CCN(C(=O)c4ccco4)CC3)cc2c1. The van der Waals surface area contributed by atoms with Gasteiger partial charge in [-0.15, -0.1) is 5.10 Å². The Balaban J connectivity index is 1.37. The van der Waals surface area contributed by atoms with Crippen molar-refractivity contribution in [1.82, 2.24) is 35.0 Å². The third-order valence-corrected chi connectivity index (χ3v) is 7.71. The van der Waals surface area contributed by atoms with Crippen molar-refractivity contribution in [3.05, 3.63) is 75.7 Å². The number of aryl methyl sites for hydroxylation is 1. The average Bonchev–Trinajstić information content (AvgIpc) is 3.63. The number of fused-ring (bicyclic) bond motifs is 1. The van der Waals surface area contributed by atoms with Gasteiger partial charge in [0.1, 0.15) is 6.04 Å². The molecule has 6 rings (SSSR count). The third kappa shape index (κ3) is 4.57. The lowest BCUT2D eigenvalue weighted by atomic mass is 9.95. The Bertz CT molecular complexity index is 1440. The molecule has 4 heterocycles. The molecule has 1 atom stereocenters. The molecule has 1 amide bonds. The van der Waals surface area contributed by atoms with Gasteiger partial charge >= 0.3 is 0 Å². The molecular formula is C27H31N7O3. The molecule has 0 unspecified atom stereocenters. The van der Waals surface area contributed by atoms with Crippen molar-refractivity contribution in [2.75, 3.05) is 26.2 Å². The van der Waals surface area contributed by atoms with Crippen LogP contribution in [0.1, 0.15) is 71.7 Å². The van der Waals surface area contributed by atoms with E-state index in [1.54, 1.807) is 17.0 Å². The quantitative estimate of drug-likeness (QED) is 0.445. The van der Waals surface area contributed by atoms with Gasteiger partial charge in [-0.2, -0.15) is 0 Å². The number of rotatable bonds is 5. The van der Waals surface area contributed by atoms with Crippen LogP contribution in [0.3, 0.4) is 0 Å². The maximum atomic E-state index is 13.5. The normalized spacial score (nSPS) is 18.4. The Hall–Kier alpha value is -3.79. The van der Waals surface area contributed by atoms with Gasteiger partial charge in [0.05, 0.1) is 12.3 Å². The van der Waals surface area contributed by atoms with E-state index in [1.807, 2.05) is 29.8 Å². The monoisotopic (exact) mass is 501 g/mol. The van der Waals surface area contributed by atoms with Gasteiger partial charge in [-0.25, -0.2) is 4.68 Å². The molecule has 37 heavy (non-hydrogen) atoms. The summed E-state index contributed by atoms with van der Waals surface area (Å²) in [6.45, 7) is 4.25. The number of nitrogens with zero attached hydrogens (tertiary/aromatic N) is 6. The Kier molecular flexibility index (Phi) is 6.33. The lowest BCUT2D eigenvalue weighted by Crippen LogP contribution is -2.51. The summed E-state index contributed by atoms with van der Waals surface area (Å²) in [4.78, 5) is 33.4. The van der Waals surface area contributed by atoms with E-state index in [1.165, 1.54) is 12.7 Å². The van der Waals surface area contributed by atoms with Gasteiger partial charge in [-0.3, -0.25) is 14.5 Å². The number of nitrogens with one attached hydrogen (secondary N) is 1. The predicted molar refractivity (Wildman–Crippen MR) is 137 cm³/mol. The van der Waals surface area contributed by atoms with Gasteiger partial charge in [0, 0.05) is 37.3 Å². The number of hydrogen-bond acceptors (Lipinski definition) is 7. The van der Waals surface area contributed by atoms with Crippen molar-refractivity contribution in [2.45, 2.75) is 51.1 Å². The van der Waals surface area contributed by atoms with E-state index in [9.17, 15) is 9.59 Å². The number of pyridine rings is 1. The summed E-state index contributed by atoms with van der Waals surface area (Å²) < 4.78 is 7.27. The Morgan fingerprint density at radius 1 is 1.08 bits per heavy atom. The number of tetrazole rings is 1. The van der Waals surface area contributed by atoms with Gasteiger partial charge < -0.3 is 14.3 Å². The fraction of sp³-hybridized carbons (Fsp3) is 0.444. The predicted octanol–water partition coefficient (Wildman–Crippen LogP) is 3.47. The van der Waals surface area contributed by atoms with Crippen LogP contribution in [-0.2, 0) is 0 Å². The lowest BCUT2D eigenvalue weighted by molar-refractivity contribution is 0.0556. The molecule has 4 aromatic rings. The lowest BCUT2D eigenvalue weighted by Gasteiger charge is -2.38. The van der Waals surface area contributed by atoms with Gasteiger partial charge in [-0.05, 0) is 65.9 Å². The molecule has 1 aromatic carbocycles. The summed E-state index contributed by atoms with van der Waals surface area (Å²) in [5.41, 5.74) is 2.40. The number of carbonyl (C=O) groups excluding carboxylic acids is 1. The smallest absolute Gasteiger partial charge is 0.289 e. The van der Waals surface area contributed by atoms with Crippen LogP contribution in [0.2, 0.25) is 0 Å². The van der Waals surface area contributed by atoms with E-state index in [0.717, 1.165) is 42.1 Å². The van der Waals surface area contributed by atoms with Crippen LogP contribution in [0.5, 0.6) is 0 Å². The van der Waals surface area contributed by atoms with Crippen molar-refractivity contribution in [3.63, 3.8) is 0 Å². The highest BCUT2D eigenvalue weighted by molar-refractivity contribution is 5.91. The van der Waals surface area contributed by atoms with E-state index in [2.05, 4.69) is 31.5 Å². The minimum absolute atomic E-state index is 0.118. The molecule has 10 nitrogen and oxygen atoms in total. The molecule has 0 radical (unpaired) electrons. The number of aromatic amines is 1. The van der Waals surface area contributed by atoms with E-state index >= 15 is 0 Å². The molecule has 2 aliphatic rings. The summed E-state index contributed by atoms with van der Waals surface area (Å²) in [6.07, 6.45) is 7.11. The first kappa shape index (κ1) is 23.6. The highest BCUT2D eigenvalue weighted by Crippen LogP contribution is 2.33. The summed E-state index contributed by atoms with van der Waals surface area (Å²) in [6, 6.07) is 11.2. The largest absolute Gasteiger partial charge is 0.459 e. The van der Waals surface area contributed by atoms with Crippen molar-refractivity contribution < 1.29 is 9.21 Å². The van der Waals surface area contributed by atoms with Crippen molar-refractivity contribution >= 4 is 16.8 Å². The van der Waals surface area contributed by atoms with Gasteiger partial charge in [0.15, 0.2) is 11.6 Å². The minimum atomic E-state index is -0.425. The molecule has 1 saturated carbocycles. The molecule has 3 aromatic heterocycles. The first-order chi connectivity index (χ1) is 18.1. The zero-order valence-electron chi connectivity index (χ0n) is 21.0. The van der Waals surface area contributed by atoms with E-state index < -0.39 is 6.04 Å². The summed E-state index contributed by atoms with van der Waals surface area (Å²) in [5.74, 6) is 0.912. The molecular weight excluding hydrogens is 470 g/mol. The second-order valence-electron chi connectivity index (χ2n) is 10.1. The third-order valence-electron chi connectivity index (χ3n) is 7.71. The van der Waals surface area contributed by atoms with E-state index in [4.69, 9.17) is 4.42 Å². The molecule has 0 bridgehead atoms. The molecule has 192 valence electrons. The summed E-state index contributed by atoms with van der Waals surface area (Å²) in [5, 5.41) is 13.9. The van der Waals surface area contributed by atoms with Crippen LogP contribution in [0, 0.1) is 6.92 Å². The standard InChI is InChI=1S/C27H31N7O3/c1-18-9-10-22-19(16-18)17-21(26(35)28-22)24(25-29-30-31-34(25)20-6-3-2-4-7-20)32-11-13-33(14-12-32)27(36)23-8-5-15-37-23/h5,8-10,15-17,20,24H,2-4,6-7,11-14H2,1H3,(H,28,35)/t24-/m1/s1. The molecule has 1 aliphatic carbocycles. The number of carbonyl (C=O) groups is 1. The highest BCUT2D eigenvalue weighted by Gasteiger charge is 2.35. The van der Waals surface area contributed by atoms with Crippen LogP contribution in [0.15, 0.2) is 51.9 Å². The second kappa shape index (κ2) is 9.93. The molecule has 1 saturated heterocycles. The van der Waals surface area contributed by atoms with Gasteiger partial charge in [0.2, 0.25) is 0 Å². The summed E-state index contributed by atoms with van der Waals surface area (Å²) in [7, 11) is 0. The zero-order chi connectivity index (χ0) is 25.4. The van der Waals surface area contributed by atoms with Crippen LogP contribution < -0.4 is 5.56 Å². The zero-order valence-corrected chi connectivity index (χ0v) is 21.0. The van der Waals surface area contributed by atoms with Crippen molar-refractivity contribution in [3.8, 4) is 0 Å². The van der Waals surface area contributed by atoms with E-state index in [-0.39, 0.29) is 17.5 Å².